The number of aldehydes is 1. The van der Waals surface area contributed by atoms with Crippen LogP contribution in [0.4, 0.5) is 19.0 Å². The predicted octanol–water partition coefficient (Wildman–Crippen LogP) is 3.93. The molecular formula is C15H19F3N2O. The first kappa shape index (κ1) is 15.8. The summed E-state index contributed by atoms with van der Waals surface area (Å²) in [6.07, 6.45) is 1.44. The lowest BCUT2D eigenvalue weighted by Crippen LogP contribution is -2.30. The van der Waals surface area contributed by atoms with Gasteiger partial charge in [0.25, 0.3) is 0 Å². The van der Waals surface area contributed by atoms with E-state index in [1.54, 1.807) is 0 Å². The van der Waals surface area contributed by atoms with Gasteiger partial charge in [-0.15, -0.1) is 0 Å². The van der Waals surface area contributed by atoms with Gasteiger partial charge in [-0.2, -0.15) is 13.2 Å². The predicted molar refractivity (Wildman–Crippen MR) is 74.5 cm³/mol. The van der Waals surface area contributed by atoms with Gasteiger partial charge < -0.3 is 4.90 Å². The molecule has 0 atom stereocenters. The number of nitrogens with zero attached hydrogens (tertiary/aromatic N) is 2. The summed E-state index contributed by atoms with van der Waals surface area (Å²) in [4.78, 5) is 16.9. The topological polar surface area (TPSA) is 33.2 Å². The van der Waals surface area contributed by atoms with Crippen molar-refractivity contribution in [2.24, 2.45) is 5.92 Å². The molecule has 1 heterocycles. The molecule has 1 aromatic heterocycles. The summed E-state index contributed by atoms with van der Waals surface area (Å²) < 4.78 is 38.0. The van der Waals surface area contributed by atoms with Crippen molar-refractivity contribution in [3.8, 4) is 0 Å². The average molecular weight is 300 g/mol. The van der Waals surface area contributed by atoms with Gasteiger partial charge in [-0.05, 0) is 31.7 Å². The van der Waals surface area contributed by atoms with Gasteiger partial charge in [-0.1, -0.05) is 12.8 Å². The molecule has 0 unspecified atom stereocenters. The summed E-state index contributed by atoms with van der Waals surface area (Å²) in [5.74, 6) is 0.890. The highest BCUT2D eigenvalue weighted by atomic mass is 19.4. The standard InChI is InChI=1S/C15H19F3N2O/c1-2-20(9-11-5-3-4-6-11)14-12(10-21)7-13(8-19-14)15(16,17)18/h7-8,10-11H,2-6,9H2,1H3. The molecule has 0 saturated heterocycles. The van der Waals surface area contributed by atoms with E-state index in [0.29, 0.717) is 24.6 Å². The van der Waals surface area contributed by atoms with Gasteiger partial charge in [-0.25, -0.2) is 4.98 Å². The van der Waals surface area contributed by atoms with Crippen LogP contribution in [-0.4, -0.2) is 24.4 Å². The van der Waals surface area contributed by atoms with Crippen LogP contribution in [0.3, 0.4) is 0 Å². The highest BCUT2D eigenvalue weighted by Gasteiger charge is 2.32. The average Bonchev–Trinajstić information content (AvgIpc) is 2.96. The Morgan fingerprint density at radius 3 is 2.57 bits per heavy atom. The SMILES string of the molecule is CCN(CC1CCCC1)c1ncc(C(F)(F)F)cc1C=O. The van der Waals surface area contributed by atoms with Crippen molar-refractivity contribution in [2.45, 2.75) is 38.8 Å². The fourth-order valence-corrected chi connectivity index (χ4v) is 2.85. The maximum absolute atomic E-state index is 12.7. The maximum atomic E-state index is 12.7. The third kappa shape index (κ3) is 3.74. The minimum atomic E-state index is -4.48. The van der Waals surface area contributed by atoms with Gasteiger partial charge in [0.05, 0.1) is 11.1 Å². The monoisotopic (exact) mass is 300 g/mol. The Labute approximate surface area is 122 Å². The van der Waals surface area contributed by atoms with Gasteiger partial charge >= 0.3 is 6.18 Å². The molecule has 21 heavy (non-hydrogen) atoms. The zero-order valence-corrected chi connectivity index (χ0v) is 12.0. The number of hydrogen-bond donors (Lipinski definition) is 0. The summed E-state index contributed by atoms with van der Waals surface area (Å²) in [6, 6.07) is 0.882. The Kier molecular flexibility index (Phi) is 4.85. The van der Waals surface area contributed by atoms with Crippen LogP contribution in [0.5, 0.6) is 0 Å². The molecule has 1 aliphatic carbocycles. The lowest BCUT2D eigenvalue weighted by Gasteiger charge is -2.26. The first-order valence-corrected chi connectivity index (χ1v) is 7.23. The van der Waals surface area contributed by atoms with E-state index in [-0.39, 0.29) is 5.56 Å². The number of alkyl halides is 3. The molecule has 1 fully saturated rings. The van der Waals surface area contributed by atoms with Crippen molar-refractivity contribution in [1.82, 2.24) is 4.98 Å². The molecule has 0 amide bonds. The van der Waals surface area contributed by atoms with Crippen LogP contribution in [0.25, 0.3) is 0 Å². The number of hydrogen-bond acceptors (Lipinski definition) is 3. The van der Waals surface area contributed by atoms with E-state index in [1.165, 1.54) is 12.8 Å². The van der Waals surface area contributed by atoms with Crippen LogP contribution in [0, 0.1) is 5.92 Å². The Hall–Kier alpha value is -1.59. The fraction of sp³-hybridized carbons (Fsp3) is 0.600. The molecule has 0 spiro atoms. The summed E-state index contributed by atoms with van der Waals surface area (Å²) >= 11 is 0. The summed E-state index contributed by atoms with van der Waals surface area (Å²) in [7, 11) is 0. The lowest BCUT2D eigenvalue weighted by molar-refractivity contribution is -0.137. The second kappa shape index (κ2) is 6.45. The lowest BCUT2D eigenvalue weighted by atomic mass is 10.1. The van der Waals surface area contributed by atoms with Crippen LogP contribution in [0.2, 0.25) is 0 Å². The van der Waals surface area contributed by atoms with Crippen LogP contribution < -0.4 is 4.90 Å². The quantitative estimate of drug-likeness (QED) is 0.773. The highest BCUT2D eigenvalue weighted by molar-refractivity contribution is 5.83. The third-order valence-electron chi connectivity index (χ3n) is 3.98. The van der Waals surface area contributed by atoms with E-state index < -0.39 is 11.7 Å². The molecule has 1 aromatic rings. The molecule has 0 bridgehead atoms. The number of carbonyl (C=O) groups is 1. The van der Waals surface area contributed by atoms with Gasteiger partial charge in [-0.3, -0.25) is 4.79 Å². The smallest absolute Gasteiger partial charge is 0.356 e. The van der Waals surface area contributed by atoms with Crippen molar-refractivity contribution in [3.05, 3.63) is 23.4 Å². The Morgan fingerprint density at radius 2 is 2.05 bits per heavy atom. The zero-order valence-electron chi connectivity index (χ0n) is 12.0. The second-order valence-electron chi connectivity index (χ2n) is 5.44. The van der Waals surface area contributed by atoms with Gasteiger partial charge in [0.2, 0.25) is 0 Å². The normalized spacial score (nSPS) is 16.2. The van der Waals surface area contributed by atoms with E-state index in [2.05, 4.69) is 4.98 Å². The largest absolute Gasteiger partial charge is 0.417 e. The van der Waals surface area contributed by atoms with Crippen molar-refractivity contribution in [3.63, 3.8) is 0 Å². The van der Waals surface area contributed by atoms with Crippen molar-refractivity contribution in [1.29, 1.82) is 0 Å². The molecule has 0 aliphatic heterocycles. The number of halogens is 3. The molecule has 0 radical (unpaired) electrons. The molecule has 1 aliphatic rings. The minimum Gasteiger partial charge on any atom is -0.356 e. The Balaban J connectivity index is 2.25. The van der Waals surface area contributed by atoms with E-state index in [9.17, 15) is 18.0 Å². The first-order chi connectivity index (χ1) is 9.95. The summed E-state index contributed by atoms with van der Waals surface area (Å²) in [5, 5.41) is 0. The molecule has 1 saturated carbocycles. The Bertz CT molecular complexity index is 496. The van der Waals surface area contributed by atoms with Crippen LogP contribution in [-0.2, 0) is 6.18 Å². The summed E-state index contributed by atoms with van der Waals surface area (Å²) in [5.41, 5.74) is -0.880. The number of aromatic nitrogens is 1. The minimum absolute atomic E-state index is 0.00433. The van der Waals surface area contributed by atoms with E-state index >= 15 is 0 Å². The van der Waals surface area contributed by atoms with E-state index in [4.69, 9.17) is 0 Å². The molecule has 6 heteroatoms. The maximum Gasteiger partial charge on any atom is 0.417 e. The number of pyridine rings is 1. The van der Waals surface area contributed by atoms with Crippen LogP contribution in [0.15, 0.2) is 12.3 Å². The van der Waals surface area contributed by atoms with E-state index in [1.807, 2.05) is 11.8 Å². The van der Waals surface area contributed by atoms with Gasteiger partial charge in [0.1, 0.15) is 5.82 Å². The van der Waals surface area contributed by atoms with Crippen LogP contribution in [0.1, 0.15) is 48.5 Å². The van der Waals surface area contributed by atoms with Crippen molar-refractivity contribution >= 4 is 12.1 Å². The summed E-state index contributed by atoms with van der Waals surface area (Å²) in [6.45, 7) is 3.29. The number of rotatable bonds is 5. The molecule has 0 aromatic carbocycles. The zero-order chi connectivity index (χ0) is 15.5. The van der Waals surface area contributed by atoms with Gasteiger partial charge in [0.15, 0.2) is 6.29 Å². The van der Waals surface area contributed by atoms with Crippen molar-refractivity contribution < 1.29 is 18.0 Å². The molecule has 3 nitrogen and oxygen atoms in total. The third-order valence-corrected chi connectivity index (χ3v) is 3.98. The van der Waals surface area contributed by atoms with Crippen LogP contribution >= 0.6 is 0 Å². The first-order valence-electron chi connectivity index (χ1n) is 7.23. The molecule has 116 valence electrons. The number of anilines is 1. The fourth-order valence-electron chi connectivity index (χ4n) is 2.85. The Morgan fingerprint density at radius 1 is 1.38 bits per heavy atom. The molecule has 0 N–H and O–H groups in total. The highest BCUT2D eigenvalue weighted by Crippen LogP contribution is 2.32. The van der Waals surface area contributed by atoms with Crippen molar-refractivity contribution in [2.75, 3.05) is 18.0 Å². The van der Waals surface area contributed by atoms with Gasteiger partial charge in [0, 0.05) is 19.3 Å². The number of carbonyl (C=O) groups excluding carboxylic acids is 1. The van der Waals surface area contributed by atoms with E-state index in [0.717, 1.165) is 31.6 Å². The molecular weight excluding hydrogens is 281 g/mol. The molecule has 2 rings (SSSR count). The second-order valence-corrected chi connectivity index (χ2v) is 5.44.